The summed E-state index contributed by atoms with van der Waals surface area (Å²) in [5, 5.41) is 11.0. The zero-order valence-corrected chi connectivity index (χ0v) is 25.4. The van der Waals surface area contributed by atoms with Gasteiger partial charge >= 0.3 is 6.09 Å². The number of likely N-dealkylation sites (tertiary alicyclic amines) is 1. The van der Waals surface area contributed by atoms with Gasteiger partial charge in [0.2, 0.25) is 10.0 Å². The van der Waals surface area contributed by atoms with Crippen molar-refractivity contribution in [3.63, 3.8) is 0 Å². The van der Waals surface area contributed by atoms with Gasteiger partial charge in [-0.2, -0.15) is 0 Å². The molecule has 2 fully saturated rings. The molecule has 0 bridgehead atoms. The van der Waals surface area contributed by atoms with E-state index in [1.54, 1.807) is 35.4 Å². The van der Waals surface area contributed by atoms with E-state index in [-0.39, 0.29) is 12.4 Å². The predicted molar refractivity (Wildman–Crippen MR) is 171 cm³/mol. The van der Waals surface area contributed by atoms with E-state index in [0.717, 1.165) is 16.8 Å². The van der Waals surface area contributed by atoms with Gasteiger partial charge in [-0.15, -0.1) is 0 Å². The Hall–Kier alpha value is -4.68. The lowest BCUT2D eigenvalue weighted by Crippen LogP contribution is -2.43. The number of phenolic OH excluding ortho intramolecular Hbond substituents is 1. The van der Waals surface area contributed by atoms with Gasteiger partial charge in [-0.05, 0) is 48.7 Å². The van der Waals surface area contributed by atoms with Gasteiger partial charge in [0.15, 0.2) is 5.82 Å². The summed E-state index contributed by atoms with van der Waals surface area (Å²) < 4.78 is 40.3. The van der Waals surface area contributed by atoms with Gasteiger partial charge in [0.25, 0.3) is 0 Å². The number of nitrogens with zero attached hydrogens (tertiary/aromatic N) is 5. The fourth-order valence-electron chi connectivity index (χ4n) is 6.09. The third-order valence-electron chi connectivity index (χ3n) is 8.49. The molecule has 1 N–H and O–H groups in total. The molecule has 0 saturated carbocycles. The summed E-state index contributed by atoms with van der Waals surface area (Å²) in [5.74, 6) is 1.29. The highest BCUT2D eigenvalue weighted by Crippen LogP contribution is 2.35. The van der Waals surface area contributed by atoms with Crippen molar-refractivity contribution in [3.8, 4) is 17.1 Å². The van der Waals surface area contributed by atoms with Crippen LogP contribution in [0.25, 0.3) is 33.2 Å². The first kappa shape index (κ1) is 29.1. The Kier molecular flexibility index (Phi) is 7.76. The lowest BCUT2D eigenvalue weighted by atomic mass is 10.1. The predicted octanol–water partition coefficient (Wildman–Crippen LogP) is 4.77. The van der Waals surface area contributed by atoms with Crippen molar-refractivity contribution in [2.24, 2.45) is 0 Å². The van der Waals surface area contributed by atoms with Crippen LogP contribution in [-0.2, 0) is 26.1 Å². The molecule has 232 valence electrons. The van der Waals surface area contributed by atoms with Crippen LogP contribution in [0.4, 0.5) is 10.6 Å². The Labute approximate surface area is 260 Å². The molecule has 2 aliphatic rings. The van der Waals surface area contributed by atoms with E-state index in [1.807, 2.05) is 48.5 Å². The SMILES string of the molecule is O=C(OCc1ccccc1)N1CCC(S(=O)(=O)n2ccc3c4nc(-c5cccc(O)c5)nc(N5CCOCC5)c4ccc32)CC1. The van der Waals surface area contributed by atoms with Crippen molar-refractivity contribution in [1.82, 2.24) is 18.8 Å². The number of hydrogen-bond acceptors (Lipinski definition) is 9. The van der Waals surface area contributed by atoms with E-state index in [2.05, 4.69) is 4.90 Å². The first-order valence-corrected chi connectivity index (χ1v) is 16.5. The van der Waals surface area contributed by atoms with E-state index >= 15 is 0 Å². The minimum atomic E-state index is -3.78. The summed E-state index contributed by atoms with van der Waals surface area (Å²) in [6.07, 6.45) is 1.76. The largest absolute Gasteiger partial charge is 0.508 e. The van der Waals surface area contributed by atoms with Crippen LogP contribution in [0.3, 0.4) is 0 Å². The Bertz CT molecular complexity index is 1970. The van der Waals surface area contributed by atoms with E-state index in [9.17, 15) is 18.3 Å². The van der Waals surface area contributed by atoms with Crippen LogP contribution in [0.1, 0.15) is 18.4 Å². The molecule has 0 atom stereocenters. The summed E-state index contributed by atoms with van der Waals surface area (Å²) in [7, 11) is -3.78. The molecule has 1 amide bonds. The third-order valence-corrected chi connectivity index (χ3v) is 10.7. The van der Waals surface area contributed by atoms with E-state index < -0.39 is 21.4 Å². The Morgan fingerprint density at radius 1 is 0.911 bits per heavy atom. The maximum Gasteiger partial charge on any atom is 0.410 e. The molecule has 0 unspecified atom stereocenters. The number of morpholine rings is 1. The topological polar surface area (TPSA) is 127 Å². The van der Waals surface area contributed by atoms with Crippen molar-refractivity contribution < 1.29 is 27.8 Å². The summed E-state index contributed by atoms with van der Waals surface area (Å²) in [6.45, 7) is 3.24. The molecule has 0 spiro atoms. The quantitative estimate of drug-likeness (QED) is 0.283. The molecule has 0 aliphatic carbocycles. The van der Waals surface area contributed by atoms with Gasteiger partial charge in [0.05, 0.1) is 29.5 Å². The lowest BCUT2D eigenvalue weighted by molar-refractivity contribution is 0.0897. The molecule has 11 nitrogen and oxygen atoms in total. The van der Waals surface area contributed by atoms with Crippen molar-refractivity contribution in [2.75, 3.05) is 44.3 Å². The highest BCUT2D eigenvalue weighted by atomic mass is 32.2. The molecular weight excluding hydrogens is 594 g/mol. The maximum atomic E-state index is 14.0. The fraction of sp³-hybridized carbons (Fsp3) is 0.303. The average Bonchev–Trinajstić information content (AvgIpc) is 3.53. The third kappa shape index (κ3) is 5.67. The van der Waals surface area contributed by atoms with Crippen LogP contribution in [0, 0.1) is 0 Å². The minimum absolute atomic E-state index is 0.107. The molecule has 2 aromatic heterocycles. The normalized spacial score (nSPS) is 16.4. The van der Waals surface area contributed by atoms with E-state index in [0.29, 0.717) is 80.0 Å². The number of phenols is 1. The van der Waals surface area contributed by atoms with Crippen molar-refractivity contribution in [2.45, 2.75) is 24.7 Å². The summed E-state index contributed by atoms with van der Waals surface area (Å²) in [6, 6.07) is 21.7. The highest BCUT2D eigenvalue weighted by Gasteiger charge is 2.34. The number of rotatable bonds is 6. The number of amides is 1. The summed E-state index contributed by atoms with van der Waals surface area (Å²) in [5.41, 5.74) is 2.71. The fourth-order valence-corrected chi connectivity index (χ4v) is 7.88. The first-order valence-electron chi connectivity index (χ1n) is 15.0. The molecule has 12 heteroatoms. The van der Waals surface area contributed by atoms with Gasteiger partial charge < -0.3 is 24.4 Å². The number of fused-ring (bicyclic) bond motifs is 3. The first-order chi connectivity index (χ1) is 21.9. The molecule has 2 aliphatic heterocycles. The number of hydrogen-bond donors (Lipinski definition) is 1. The van der Waals surface area contributed by atoms with Gasteiger partial charge in [-0.3, -0.25) is 0 Å². The van der Waals surface area contributed by atoms with Crippen molar-refractivity contribution in [1.29, 1.82) is 0 Å². The number of ether oxygens (including phenoxy) is 2. The molecule has 5 aromatic rings. The minimum Gasteiger partial charge on any atom is -0.508 e. The van der Waals surface area contributed by atoms with Crippen LogP contribution in [0.5, 0.6) is 5.75 Å². The zero-order chi connectivity index (χ0) is 31.0. The van der Waals surface area contributed by atoms with Crippen LogP contribution in [-0.4, -0.2) is 83.1 Å². The van der Waals surface area contributed by atoms with Gasteiger partial charge in [-0.25, -0.2) is 27.2 Å². The molecule has 2 saturated heterocycles. The van der Waals surface area contributed by atoms with Gasteiger partial charge in [-0.1, -0.05) is 42.5 Å². The van der Waals surface area contributed by atoms with E-state index in [4.69, 9.17) is 19.4 Å². The number of carbonyl (C=O) groups is 1. The van der Waals surface area contributed by atoms with Crippen LogP contribution < -0.4 is 4.90 Å². The Balaban J connectivity index is 1.18. The Morgan fingerprint density at radius 3 is 2.44 bits per heavy atom. The molecule has 4 heterocycles. The van der Waals surface area contributed by atoms with Crippen LogP contribution in [0.2, 0.25) is 0 Å². The second-order valence-corrected chi connectivity index (χ2v) is 13.4. The average molecular weight is 628 g/mol. The summed E-state index contributed by atoms with van der Waals surface area (Å²) in [4.78, 5) is 26.2. The lowest BCUT2D eigenvalue weighted by Gasteiger charge is -2.31. The molecular formula is C33H33N5O6S. The molecule has 45 heavy (non-hydrogen) atoms. The molecule has 7 rings (SSSR count). The number of anilines is 1. The monoisotopic (exact) mass is 627 g/mol. The number of benzene rings is 3. The number of piperidine rings is 1. The second-order valence-electron chi connectivity index (χ2n) is 11.3. The molecule has 3 aromatic carbocycles. The van der Waals surface area contributed by atoms with Crippen molar-refractivity contribution in [3.05, 3.63) is 84.6 Å². The van der Waals surface area contributed by atoms with Gasteiger partial charge in [0, 0.05) is 48.7 Å². The summed E-state index contributed by atoms with van der Waals surface area (Å²) >= 11 is 0. The highest BCUT2D eigenvalue weighted by molar-refractivity contribution is 7.90. The molecule has 0 radical (unpaired) electrons. The smallest absolute Gasteiger partial charge is 0.410 e. The Morgan fingerprint density at radius 2 is 1.69 bits per heavy atom. The van der Waals surface area contributed by atoms with Gasteiger partial charge in [0.1, 0.15) is 18.2 Å². The number of aromatic hydroxyl groups is 1. The second kappa shape index (κ2) is 12.0. The standard InChI is InChI=1S/C33H33N5O6S/c39-25-8-4-7-24(21-25)31-34-30-27-13-16-38(29(27)10-9-28(30)32(35-31)36-17-19-43-20-18-36)45(41,42)26-11-14-37(15-12-26)33(40)44-22-23-5-2-1-3-6-23/h1-10,13,16,21,26,39H,11-12,14-15,17-20,22H2. The number of aromatic nitrogens is 3. The number of carbonyl (C=O) groups excluding carboxylic acids is 1. The zero-order valence-electron chi connectivity index (χ0n) is 24.6. The maximum absolute atomic E-state index is 14.0. The van der Waals surface area contributed by atoms with Crippen molar-refractivity contribution >= 4 is 43.7 Å². The van der Waals surface area contributed by atoms with Crippen LogP contribution in [0.15, 0.2) is 79.0 Å². The van der Waals surface area contributed by atoms with E-state index in [1.165, 1.54) is 3.97 Å². The van der Waals surface area contributed by atoms with Crippen LogP contribution >= 0.6 is 0 Å².